The van der Waals surface area contributed by atoms with Gasteiger partial charge in [0.2, 0.25) is 0 Å². The first kappa shape index (κ1) is 10.2. The van der Waals surface area contributed by atoms with Gasteiger partial charge in [-0.05, 0) is 30.3 Å². The van der Waals surface area contributed by atoms with Crippen LogP contribution in [0.25, 0.3) is 22.2 Å². The van der Waals surface area contributed by atoms with Crippen LogP contribution in [0.2, 0.25) is 5.02 Å². The van der Waals surface area contributed by atoms with Crippen molar-refractivity contribution in [2.75, 3.05) is 0 Å². The van der Waals surface area contributed by atoms with E-state index >= 15 is 0 Å². The van der Waals surface area contributed by atoms with Gasteiger partial charge in [0.1, 0.15) is 5.75 Å². The van der Waals surface area contributed by atoms with Crippen LogP contribution in [0.1, 0.15) is 0 Å². The lowest BCUT2D eigenvalue weighted by atomic mass is 10.1. The number of halogens is 1. The quantitative estimate of drug-likeness (QED) is 0.660. The average Bonchev–Trinajstić information content (AvgIpc) is 2.72. The van der Waals surface area contributed by atoms with E-state index in [9.17, 15) is 5.11 Å². The molecule has 0 saturated heterocycles. The zero-order valence-corrected chi connectivity index (χ0v) is 9.70. The molecule has 0 spiro atoms. The number of phenols is 1. The molecule has 0 aliphatic rings. The van der Waals surface area contributed by atoms with Gasteiger partial charge in [0, 0.05) is 27.2 Å². The predicted molar refractivity (Wildman–Crippen MR) is 70.4 cm³/mol. The van der Waals surface area contributed by atoms with Crippen molar-refractivity contribution in [2.24, 2.45) is 0 Å². The molecule has 3 aromatic rings. The minimum Gasteiger partial charge on any atom is -0.508 e. The lowest BCUT2D eigenvalue weighted by molar-refractivity contribution is 0.476. The molecule has 2 nitrogen and oxygen atoms in total. The summed E-state index contributed by atoms with van der Waals surface area (Å²) in [6, 6.07) is 14.9. The molecule has 3 heteroatoms. The SMILES string of the molecule is Oc1ccc2[nH]c(-c3ccccc3Cl)cc2c1. The van der Waals surface area contributed by atoms with Gasteiger partial charge in [-0.15, -0.1) is 0 Å². The third-order valence-electron chi connectivity index (χ3n) is 2.77. The summed E-state index contributed by atoms with van der Waals surface area (Å²) in [5.74, 6) is 0.266. The summed E-state index contributed by atoms with van der Waals surface area (Å²) in [7, 11) is 0. The minimum atomic E-state index is 0.266. The van der Waals surface area contributed by atoms with Crippen LogP contribution >= 0.6 is 11.6 Å². The number of rotatable bonds is 1. The average molecular weight is 244 g/mol. The summed E-state index contributed by atoms with van der Waals surface area (Å²) in [4.78, 5) is 3.28. The molecule has 0 atom stereocenters. The maximum Gasteiger partial charge on any atom is 0.116 e. The minimum absolute atomic E-state index is 0.266. The van der Waals surface area contributed by atoms with Crippen LogP contribution < -0.4 is 0 Å². The number of aromatic nitrogens is 1. The van der Waals surface area contributed by atoms with Gasteiger partial charge in [0.25, 0.3) is 0 Å². The third kappa shape index (κ3) is 1.77. The standard InChI is InChI=1S/C14H10ClNO/c15-12-4-2-1-3-11(12)14-8-9-7-10(17)5-6-13(9)16-14/h1-8,16-17H. The number of benzene rings is 2. The number of hydrogen-bond acceptors (Lipinski definition) is 1. The molecular weight excluding hydrogens is 234 g/mol. The van der Waals surface area contributed by atoms with E-state index < -0.39 is 0 Å². The Hall–Kier alpha value is -1.93. The van der Waals surface area contributed by atoms with Gasteiger partial charge >= 0.3 is 0 Å². The first-order valence-electron chi connectivity index (χ1n) is 5.31. The number of phenolic OH excluding ortho intramolecular Hbond substituents is 1. The largest absolute Gasteiger partial charge is 0.508 e. The smallest absolute Gasteiger partial charge is 0.116 e. The van der Waals surface area contributed by atoms with E-state index in [4.69, 9.17) is 11.6 Å². The molecule has 1 heterocycles. The third-order valence-corrected chi connectivity index (χ3v) is 3.10. The van der Waals surface area contributed by atoms with Crippen LogP contribution in [0.4, 0.5) is 0 Å². The number of H-pyrrole nitrogens is 1. The van der Waals surface area contributed by atoms with Crippen LogP contribution in [0.5, 0.6) is 5.75 Å². The second-order valence-electron chi connectivity index (χ2n) is 3.93. The van der Waals surface area contributed by atoms with Crippen LogP contribution in [0.15, 0.2) is 48.5 Å². The van der Waals surface area contributed by atoms with Crippen molar-refractivity contribution in [3.63, 3.8) is 0 Å². The molecule has 84 valence electrons. The first-order chi connectivity index (χ1) is 8.24. The Balaban J connectivity index is 2.22. The normalized spacial score (nSPS) is 10.9. The van der Waals surface area contributed by atoms with Gasteiger partial charge < -0.3 is 10.1 Å². The number of aromatic amines is 1. The molecule has 0 aliphatic heterocycles. The van der Waals surface area contributed by atoms with E-state index in [0.717, 1.165) is 22.2 Å². The number of aromatic hydroxyl groups is 1. The molecule has 17 heavy (non-hydrogen) atoms. The maximum absolute atomic E-state index is 9.42. The molecule has 3 rings (SSSR count). The number of fused-ring (bicyclic) bond motifs is 1. The van der Waals surface area contributed by atoms with E-state index in [1.165, 1.54) is 0 Å². The van der Waals surface area contributed by atoms with Crippen molar-refractivity contribution >= 4 is 22.5 Å². The van der Waals surface area contributed by atoms with Crippen LogP contribution in [0.3, 0.4) is 0 Å². The summed E-state index contributed by atoms with van der Waals surface area (Å²) >= 11 is 6.15. The van der Waals surface area contributed by atoms with Gasteiger partial charge in [-0.3, -0.25) is 0 Å². The highest BCUT2D eigenvalue weighted by molar-refractivity contribution is 6.33. The highest BCUT2D eigenvalue weighted by Crippen LogP contribution is 2.30. The summed E-state index contributed by atoms with van der Waals surface area (Å²) in [5.41, 5.74) is 2.90. The van der Waals surface area contributed by atoms with E-state index in [1.807, 2.05) is 36.4 Å². The van der Waals surface area contributed by atoms with Gasteiger partial charge in [0.15, 0.2) is 0 Å². The van der Waals surface area contributed by atoms with Crippen LogP contribution in [-0.4, -0.2) is 10.1 Å². The van der Waals surface area contributed by atoms with Crippen molar-refractivity contribution < 1.29 is 5.11 Å². The molecule has 1 aromatic heterocycles. The van der Waals surface area contributed by atoms with Crippen LogP contribution in [0, 0.1) is 0 Å². The highest BCUT2D eigenvalue weighted by atomic mass is 35.5. The second-order valence-corrected chi connectivity index (χ2v) is 4.34. The molecule has 0 fully saturated rings. The molecule has 0 bridgehead atoms. The van der Waals surface area contributed by atoms with Gasteiger partial charge in [0.05, 0.1) is 0 Å². The van der Waals surface area contributed by atoms with Gasteiger partial charge in [-0.1, -0.05) is 29.8 Å². The molecule has 0 radical (unpaired) electrons. The van der Waals surface area contributed by atoms with Crippen molar-refractivity contribution in [1.82, 2.24) is 4.98 Å². The van der Waals surface area contributed by atoms with Gasteiger partial charge in [-0.25, -0.2) is 0 Å². The van der Waals surface area contributed by atoms with Crippen molar-refractivity contribution in [2.45, 2.75) is 0 Å². The Kier molecular flexibility index (Phi) is 2.30. The maximum atomic E-state index is 9.42. The summed E-state index contributed by atoms with van der Waals surface area (Å²) < 4.78 is 0. The first-order valence-corrected chi connectivity index (χ1v) is 5.68. The second kappa shape index (κ2) is 3.82. The fourth-order valence-electron chi connectivity index (χ4n) is 1.94. The number of nitrogens with one attached hydrogen (secondary N) is 1. The topological polar surface area (TPSA) is 36.0 Å². The fraction of sp³-hybridized carbons (Fsp3) is 0. The lowest BCUT2D eigenvalue weighted by Crippen LogP contribution is -1.77. The monoisotopic (exact) mass is 243 g/mol. The molecule has 0 saturated carbocycles. The zero-order valence-electron chi connectivity index (χ0n) is 8.94. The summed E-state index contributed by atoms with van der Waals surface area (Å²) in [6.45, 7) is 0. The van der Waals surface area contributed by atoms with E-state index in [-0.39, 0.29) is 5.75 Å². The molecule has 0 amide bonds. The van der Waals surface area contributed by atoms with Gasteiger partial charge in [-0.2, -0.15) is 0 Å². The van der Waals surface area contributed by atoms with E-state index in [2.05, 4.69) is 4.98 Å². The molecular formula is C14H10ClNO. The van der Waals surface area contributed by atoms with Crippen molar-refractivity contribution in [3.05, 3.63) is 53.6 Å². The number of hydrogen-bond donors (Lipinski definition) is 2. The highest BCUT2D eigenvalue weighted by Gasteiger charge is 2.06. The zero-order chi connectivity index (χ0) is 11.8. The Labute approximate surface area is 103 Å². The molecule has 0 unspecified atom stereocenters. The van der Waals surface area contributed by atoms with E-state index in [1.54, 1.807) is 12.1 Å². The summed E-state index contributed by atoms with van der Waals surface area (Å²) in [6.07, 6.45) is 0. The van der Waals surface area contributed by atoms with E-state index in [0.29, 0.717) is 5.02 Å². The lowest BCUT2D eigenvalue weighted by Gasteiger charge is -1.99. The molecule has 2 N–H and O–H groups in total. The van der Waals surface area contributed by atoms with Crippen LogP contribution in [-0.2, 0) is 0 Å². The predicted octanol–water partition coefficient (Wildman–Crippen LogP) is 4.19. The Morgan fingerprint density at radius 2 is 1.82 bits per heavy atom. The Morgan fingerprint density at radius 1 is 1.00 bits per heavy atom. The van der Waals surface area contributed by atoms with Crippen molar-refractivity contribution in [3.8, 4) is 17.0 Å². The molecule has 0 aliphatic carbocycles. The Bertz CT molecular complexity index is 688. The van der Waals surface area contributed by atoms with Crippen molar-refractivity contribution in [1.29, 1.82) is 0 Å². The summed E-state index contributed by atoms with van der Waals surface area (Å²) in [5, 5.41) is 11.1. The Morgan fingerprint density at radius 3 is 2.65 bits per heavy atom. The fourth-order valence-corrected chi connectivity index (χ4v) is 2.18. The molecule has 2 aromatic carbocycles.